The van der Waals surface area contributed by atoms with E-state index in [1.807, 2.05) is 0 Å². The molecule has 0 spiro atoms. The molecule has 48 valence electrons. The van der Waals surface area contributed by atoms with Gasteiger partial charge in [0.2, 0.25) is 0 Å². The minimum absolute atomic E-state index is 0.528. The summed E-state index contributed by atoms with van der Waals surface area (Å²) in [5, 5.41) is 0. The van der Waals surface area contributed by atoms with Gasteiger partial charge in [-0.1, -0.05) is 13.3 Å². The summed E-state index contributed by atoms with van der Waals surface area (Å²) in [5.74, 6) is 0.852. The van der Waals surface area contributed by atoms with Crippen LogP contribution >= 0.6 is 0 Å². The molecule has 0 bridgehead atoms. The molecule has 1 heterocycles. The highest BCUT2D eigenvalue weighted by Crippen LogP contribution is 2.20. The SMILES string of the molecule is CC[C@H]1CO[C@@H](C)C1. The zero-order chi connectivity index (χ0) is 5.98. The van der Waals surface area contributed by atoms with E-state index in [0.29, 0.717) is 6.10 Å². The molecule has 0 radical (unpaired) electrons. The Labute approximate surface area is 51.0 Å². The van der Waals surface area contributed by atoms with Gasteiger partial charge in [0.1, 0.15) is 0 Å². The van der Waals surface area contributed by atoms with Gasteiger partial charge >= 0.3 is 0 Å². The highest BCUT2D eigenvalue weighted by molar-refractivity contribution is 4.67. The molecule has 0 unspecified atom stereocenters. The van der Waals surface area contributed by atoms with Crippen molar-refractivity contribution in [1.29, 1.82) is 0 Å². The Morgan fingerprint density at radius 1 is 1.62 bits per heavy atom. The Bertz CT molecular complexity index is 70.8. The molecule has 0 aliphatic carbocycles. The van der Waals surface area contributed by atoms with Crippen LogP contribution in [-0.2, 0) is 4.74 Å². The normalized spacial score (nSPS) is 38.2. The first-order valence-corrected chi connectivity index (χ1v) is 3.44. The fourth-order valence-corrected chi connectivity index (χ4v) is 1.19. The maximum Gasteiger partial charge on any atom is 0.0550 e. The van der Waals surface area contributed by atoms with Crippen LogP contribution in [0.2, 0.25) is 0 Å². The van der Waals surface area contributed by atoms with Crippen LogP contribution in [0.1, 0.15) is 26.7 Å². The molecule has 1 aliphatic heterocycles. The summed E-state index contributed by atoms with van der Waals surface area (Å²) in [4.78, 5) is 0. The zero-order valence-electron chi connectivity index (χ0n) is 5.68. The second-order valence-corrected chi connectivity index (χ2v) is 2.65. The minimum Gasteiger partial charge on any atom is -0.378 e. The average molecular weight is 114 g/mol. The third kappa shape index (κ3) is 1.22. The molecule has 0 amide bonds. The van der Waals surface area contributed by atoms with Gasteiger partial charge in [-0.2, -0.15) is 0 Å². The molecule has 0 saturated carbocycles. The predicted molar refractivity (Wildman–Crippen MR) is 33.8 cm³/mol. The Morgan fingerprint density at radius 2 is 2.38 bits per heavy atom. The third-order valence-corrected chi connectivity index (χ3v) is 1.86. The molecule has 0 aromatic heterocycles. The first-order valence-electron chi connectivity index (χ1n) is 3.44. The standard InChI is InChI=1S/C7H14O/c1-3-7-4-6(2)8-5-7/h6-7H,3-5H2,1-2H3/t6-,7+/m0/s1. The van der Waals surface area contributed by atoms with Crippen molar-refractivity contribution in [3.8, 4) is 0 Å². The minimum atomic E-state index is 0.528. The molecule has 0 aromatic rings. The number of hydrogen-bond donors (Lipinski definition) is 0. The molecule has 2 atom stereocenters. The Hall–Kier alpha value is -0.0400. The first kappa shape index (κ1) is 6.09. The maximum absolute atomic E-state index is 5.36. The van der Waals surface area contributed by atoms with E-state index in [1.54, 1.807) is 0 Å². The van der Waals surface area contributed by atoms with E-state index in [0.717, 1.165) is 12.5 Å². The highest BCUT2D eigenvalue weighted by atomic mass is 16.5. The molecule has 1 fully saturated rings. The van der Waals surface area contributed by atoms with Crippen molar-refractivity contribution < 1.29 is 4.74 Å². The number of hydrogen-bond acceptors (Lipinski definition) is 1. The topological polar surface area (TPSA) is 9.23 Å². The Balaban J connectivity index is 2.22. The summed E-state index contributed by atoms with van der Waals surface area (Å²) in [5.41, 5.74) is 0. The lowest BCUT2D eigenvalue weighted by atomic mass is 10.0. The van der Waals surface area contributed by atoms with Crippen molar-refractivity contribution >= 4 is 0 Å². The summed E-state index contributed by atoms with van der Waals surface area (Å²) in [6.07, 6.45) is 3.08. The predicted octanol–water partition coefficient (Wildman–Crippen LogP) is 1.82. The number of rotatable bonds is 1. The van der Waals surface area contributed by atoms with Crippen LogP contribution in [-0.4, -0.2) is 12.7 Å². The molecule has 1 rings (SSSR count). The van der Waals surface area contributed by atoms with Crippen LogP contribution in [0.15, 0.2) is 0 Å². The lowest BCUT2D eigenvalue weighted by molar-refractivity contribution is 0.120. The molecule has 1 aliphatic rings. The van der Waals surface area contributed by atoms with Crippen molar-refractivity contribution in [3.05, 3.63) is 0 Å². The maximum atomic E-state index is 5.36. The second-order valence-electron chi connectivity index (χ2n) is 2.65. The van der Waals surface area contributed by atoms with E-state index in [-0.39, 0.29) is 0 Å². The average Bonchev–Trinajstić information content (AvgIpc) is 2.14. The molecular weight excluding hydrogens is 100 g/mol. The van der Waals surface area contributed by atoms with Gasteiger partial charge in [-0.05, 0) is 19.3 Å². The smallest absolute Gasteiger partial charge is 0.0550 e. The molecule has 1 saturated heterocycles. The quantitative estimate of drug-likeness (QED) is 0.505. The highest BCUT2D eigenvalue weighted by Gasteiger charge is 2.19. The molecule has 1 heteroatoms. The lowest BCUT2D eigenvalue weighted by Gasteiger charge is -1.98. The van der Waals surface area contributed by atoms with Crippen molar-refractivity contribution in [3.63, 3.8) is 0 Å². The van der Waals surface area contributed by atoms with Gasteiger partial charge in [0.25, 0.3) is 0 Å². The number of ether oxygens (including phenoxy) is 1. The van der Waals surface area contributed by atoms with Crippen LogP contribution in [0.25, 0.3) is 0 Å². The Morgan fingerprint density at radius 3 is 2.62 bits per heavy atom. The molecule has 8 heavy (non-hydrogen) atoms. The van der Waals surface area contributed by atoms with Crippen LogP contribution in [0.4, 0.5) is 0 Å². The Kier molecular flexibility index (Phi) is 1.90. The van der Waals surface area contributed by atoms with Crippen molar-refractivity contribution in [2.24, 2.45) is 5.92 Å². The van der Waals surface area contributed by atoms with Gasteiger partial charge in [-0.3, -0.25) is 0 Å². The molecule has 0 aromatic carbocycles. The summed E-state index contributed by atoms with van der Waals surface area (Å²) < 4.78 is 5.36. The zero-order valence-corrected chi connectivity index (χ0v) is 5.68. The van der Waals surface area contributed by atoms with Crippen LogP contribution in [0.5, 0.6) is 0 Å². The first-order chi connectivity index (χ1) is 3.83. The summed E-state index contributed by atoms with van der Waals surface area (Å²) in [6, 6.07) is 0. The van der Waals surface area contributed by atoms with Crippen molar-refractivity contribution in [2.75, 3.05) is 6.61 Å². The van der Waals surface area contributed by atoms with Crippen molar-refractivity contribution in [2.45, 2.75) is 32.8 Å². The van der Waals surface area contributed by atoms with Gasteiger partial charge in [-0.15, -0.1) is 0 Å². The summed E-state index contributed by atoms with van der Waals surface area (Å²) in [7, 11) is 0. The van der Waals surface area contributed by atoms with Crippen LogP contribution in [0.3, 0.4) is 0 Å². The van der Waals surface area contributed by atoms with Crippen LogP contribution in [0, 0.1) is 5.92 Å². The van der Waals surface area contributed by atoms with Crippen LogP contribution < -0.4 is 0 Å². The molecule has 1 nitrogen and oxygen atoms in total. The van der Waals surface area contributed by atoms with Crippen molar-refractivity contribution in [1.82, 2.24) is 0 Å². The van der Waals surface area contributed by atoms with Gasteiger partial charge in [0, 0.05) is 6.61 Å². The fraction of sp³-hybridized carbons (Fsp3) is 1.00. The molecule has 0 N–H and O–H groups in total. The van der Waals surface area contributed by atoms with Gasteiger partial charge in [0.05, 0.1) is 6.10 Å². The van der Waals surface area contributed by atoms with E-state index in [9.17, 15) is 0 Å². The summed E-state index contributed by atoms with van der Waals surface area (Å²) >= 11 is 0. The van der Waals surface area contributed by atoms with Gasteiger partial charge in [-0.25, -0.2) is 0 Å². The summed E-state index contributed by atoms with van der Waals surface area (Å²) in [6.45, 7) is 5.37. The fourth-order valence-electron chi connectivity index (χ4n) is 1.19. The van der Waals surface area contributed by atoms with Gasteiger partial charge < -0.3 is 4.74 Å². The second kappa shape index (κ2) is 2.49. The third-order valence-electron chi connectivity index (χ3n) is 1.86. The van der Waals surface area contributed by atoms with E-state index < -0.39 is 0 Å². The monoisotopic (exact) mass is 114 g/mol. The largest absolute Gasteiger partial charge is 0.378 e. The van der Waals surface area contributed by atoms with E-state index in [1.165, 1.54) is 12.8 Å². The van der Waals surface area contributed by atoms with Gasteiger partial charge in [0.15, 0.2) is 0 Å². The lowest BCUT2D eigenvalue weighted by Crippen LogP contribution is -1.96. The van der Waals surface area contributed by atoms with E-state index >= 15 is 0 Å². The van der Waals surface area contributed by atoms with E-state index in [2.05, 4.69) is 13.8 Å². The van der Waals surface area contributed by atoms with E-state index in [4.69, 9.17) is 4.74 Å². The molecular formula is C7H14O.